The summed E-state index contributed by atoms with van der Waals surface area (Å²) in [5.41, 5.74) is 1.29. The number of ketones is 1. The smallest absolute Gasteiger partial charge is 0.193 e. The van der Waals surface area contributed by atoms with Crippen LogP contribution in [0.5, 0.6) is 5.75 Å². The Balaban J connectivity index is 2.32. The Morgan fingerprint density at radius 1 is 1.11 bits per heavy atom. The van der Waals surface area contributed by atoms with Crippen molar-refractivity contribution in [2.45, 2.75) is 6.92 Å². The Morgan fingerprint density at radius 3 is 2.47 bits per heavy atom. The van der Waals surface area contributed by atoms with E-state index in [1.807, 2.05) is 25.1 Å². The van der Waals surface area contributed by atoms with Gasteiger partial charge in [0.15, 0.2) is 5.78 Å². The molecule has 2 nitrogen and oxygen atoms in total. The lowest BCUT2D eigenvalue weighted by Crippen LogP contribution is -2.02. The lowest BCUT2D eigenvalue weighted by Gasteiger charge is -2.07. The minimum absolute atomic E-state index is 0.00921. The molecule has 0 unspecified atom stereocenters. The van der Waals surface area contributed by atoms with Gasteiger partial charge in [0.05, 0.1) is 11.1 Å². The van der Waals surface area contributed by atoms with E-state index >= 15 is 0 Å². The van der Waals surface area contributed by atoms with Crippen molar-refractivity contribution < 1.29 is 9.53 Å². The van der Waals surface area contributed by atoms with E-state index in [1.54, 1.807) is 24.3 Å². The summed E-state index contributed by atoms with van der Waals surface area (Å²) in [6.07, 6.45) is 0. The van der Waals surface area contributed by atoms with Crippen LogP contribution in [-0.4, -0.2) is 12.4 Å². The zero-order valence-electron chi connectivity index (χ0n) is 10.3. The maximum Gasteiger partial charge on any atom is 0.193 e. The molecule has 0 radical (unpaired) electrons. The van der Waals surface area contributed by atoms with Crippen LogP contribution in [-0.2, 0) is 0 Å². The van der Waals surface area contributed by atoms with Crippen LogP contribution in [0.4, 0.5) is 0 Å². The Labute approximate surface area is 129 Å². The lowest BCUT2D eigenvalue weighted by atomic mass is 10.0. The van der Waals surface area contributed by atoms with Crippen LogP contribution >= 0.6 is 31.9 Å². The Bertz CT molecular complexity index is 609. The summed E-state index contributed by atoms with van der Waals surface area (Å²) in [7, 11) is 0. The highest BCUT2D eigenvalue weighted by atomic mass is 79.9. The molecule has 0 aliphatic heterocycles. The van der Waals surface area contributed by atoms with Crippen LogP contribution in [0.2, 0.25) is 0 Å². The maximum absolute atomic E-state index is 12.3. The highest BCUT2D eigenvalue weighted by molar-refractivity contribution is 9.10. The molecule has 0 saturated carbocycles. The fourth-order valence-electron chi connectivity index (χ4n) is 1.71. The Hall–Kier alpha value is -1.13. The number of hydrogen-bond donors (Lipinski definition) is 0. The van der Waals surface area contributed by atoms with Gasteiger partial charge in [-0.25, -0.2) is 0 Å². The largest absolute Gasteiger partial charge is 0.493 e. The summed E-state index contributed by atoms with van der Waals surface area (Å²) >= 11 is 6.79. The van der Waals surface area contributed by atoms with Gasteiger partial charge >= 0.3 is 0 Å². The molecule has 0 spiro atoms. The molecule has 4 heteroatoms. The minimum atomic E-state index is -0.00921. The average Bonchev–Trinajstić information content (AvgIpc) is 2.40. The van der Waals surface area contributed by atoms with Crippen molar-refractivity contribution in [1.82, 2.24) is 0 Å². The van der Waals surface area contributed by atoms with Gasteiger partial charge in [0, 0.05) is 15.6 Å². The molecule has 0 bridgehead atoms. The van der Waals surface area contributed by atoms with Gasteiger partial charge < -0.3 is 4.74 Å². The number of carbonyl (C=O) groups is 1. The molecular formula is C15H12Br2O2. The van der Waals surface area contributed by atoms with Gasteiger partial charge in [-0.05, 0) is 53.2 Å². The second-order valence-electron chi connectivity index (χ2n) is 3.92. The van der Waals surface area contributed by atoms with Gasteiger partial charge in [-0.1, -0.05) is 28.1 Å². The van der Waals surface area contributed by atoms with Crippen molar-refractivity contribution in [3.8, 4) is 5.75 Å². The summed E-state index contributed by atoms with van der Waals surface area (Å²) in [4.78, 5) is 12.3. The van der Waals surface area contributed by atoms with Crippen LogP contribution in [0, 0.1) is 0 Å². The first-order valence-corrected chi connectivity index (χ1v) is 7.43. The van der Waals surface area contributed by atoms with Crippen molar-refractivity contribution in [2.24, 2.45) is 0 Å². The SMILES string of the molecule is CCOc1ccc(C(=O)c2cccc(Br)c2)cc1Br. The number of rotatable bonds is 4. The van der Waals surface area contributed by atoms with Gasteiger partial charge in [-0.3, -0.25) is 4.79 Å². The zero-order valence-corrected chi connectivity index (χ0v) is 13.5. The van der Waals surface area contributed by atoms with E-state index in [-0.39, 0.29) is 5.78 Å². The molecule has 2 aromatic rings. The predicted molar refractivity (Wildman–Crippen MR) is 82.9 cm³/mol. The van der Waals surface area contributed by atoms with Crippen molar-refractivity contribution in [2.75, 3.05) is 6.61 Å². The van der Waals surface area contributed by atoms with Crippen molar-refractivity contribution >= 4 is 37.6 Å². The van der Waals surface area contributed by atoms with Crippen molar-refractivity contribution in [3.05, 3.63) is 62.5 Å². The zero-order chi connectivity index (χ0) is 13.8. The van der Waals surface area contributed by atoms with E-state index in [0.717, 1.165) is 14.7 Å². The number of hydrogen-bond acceptors (Lipinski definition) is 2. The Kier molecular flexibility index (Phi) is 4.77. The third-order valence-corrected chi connectivity index (χ3v) is 3.69. The highest BCUT2D eigenvalue weighted by Gasteiger charge is 2.11. The van der Waals surface area contributed by atoms with Crippen LogP contribution in [0.1, 0.15) is 22.8 Å². The normalized spacial score (nSPS) is 10.3. The standard InChI is InChI=1S/C15H12Br2O2/c1-2-19-14-7-6-11(9-13(14)17)15(18)10-4-3-5-12(16)8-10/h3-9H,2H2,1H3. The molecule has 0 aromatic heterocycles. The quantitative estimate of drug-likeness (QED) is 0.706. The van der Waals surface area contributed by atoms with E-state index in [4.69, 9.17) is 4.74 Å². The fraction of sp³-hybridized carbons (Fsp3) is 0.133. The molecule has 0 fully saturated rings. The number of ether oxygens (including phenoxy) is 1. The van der Waals surface area contributed by atoms with E-state index in [9.17, 15) is 4.79 Å². The van der Waals surface area contributed by atoms with Crippen LogP contribution in [0.3, 0.4) is 0 Å². The second kappa shape index (κ2) is 6.35. The van der Waals surface area contributed by atoms with E-state index in [0.29, 0.717) is 17.7 Å². The van der Waals surface area contributed by atoms with Gasteiger partial charge in [-0.2, -0.15) is 0 Å². The predicted octanol–water partition coefficient (Wildman–Crippen LogP) is 4.84. The van der Waals surface area contributed by atoms with E-state index in [1.165, 1.54) is 0 Å². The molecule has 0 saturated heterocycles. The molecule has 0 amide bonds. The summed E-state index contributed by atoms with van der Waals surface area (Å²) in [6.45, 7) is 2.52. The molecule has 0 heterocycles. The van der Waals surface area contributed by atoms with Crippen LogP contribution in [0.25, 0.3) is 0 Å². The average molecular weight is 384 g/mol. The Morgan fingerprint density at radius 2 is 1.84 bits per heavy atom. The van der Waals surface area contributed by atoms with Crippen molar-refractivity contribution in [3.63, 3.8) is 0 Å². The molecule has 0 N–H and O–H groups in total. The monoisotopic (exact) mass is 382 g/mol. The first kappa shape index (κ1) is 14.3. The van der Waals surface area contributed by atoms with Gasteiger partial charge in [0.2, 0.25) is 0 Å². The topological polar surface area (TPSA) is 26.3 Å². The lowest BCUT2D eigenvalue weighted by molar-refractivity contribution is 0.103. The molecule has 0 aliphatic carbocycles. The first-order valence-electron chi connectivity index (χ1n) is 5.84. The second-order valence-corrected chi connectivity index (χ2v) is 5.69. The number of halogens is 2. The summed E-state index contributed by atoms with van der Waals surface area (Å²) in [5, 5.41) is 0. The molecule has 0 atom stereocenters. The third kappa shape index (κ3) is 3.45. The molecule has 0 aliphatic rings. The molecular weight excluding hydrogens is 372 g/mol. The van der Waals surface area contributed by atoms with Gasteiger partial charge in [0.1, 0.15) is 5.75 Å². The van der Waals surface area contributed by atoms with E-state index in [2.05, 4.69) is 31.9 Å². The highest BCUT2D eigenvalue weighted by Crippen LogP contribution is 2.27. The van der Waals surface area contributed by atoms with Gasteiger partial charge in [-0.15, -0.1) is 0 Å². The van der Waals surface area contributed by atoms with Crippen LogP contribution < -0.4 is 4.74 Å². The van der Waals surface area contributed by atoms with E-state index < -0.39 is 0 Å². The summed E-state index contributed by atoms with van der Waals surface area (Å²) in [5.74, 6) is 0.735. The fourth-order valence-corrected chi connectivity index (χ4v) is 2.60. The van der Waals surface area contributed by atoms with Crippen molar-refractivity contribution in [1.29, 1.82) is 0 Å². The van der Waals surface area contributed by atoms with Crippen LogP contribution in [0.15, 0.2) is 51.4 Å². The summed E-state index contributed by atoms with van der Waals surface area (Å²) in [6, 6.07) is 12.7. The number of benzene rings is 2. The molecule has 19 heavy (non-hydrogen) atoms. The van der Waals surface area contributed by atoms with Gasteiger partial charge in [0.25, 0.3) is 0 Å². The molecule has 98 valence electrons. The minimum Gasteiger partial charge on any atom is -0.493 e. The summed E-state index contributed by atoms with van der Waals surface area (Å²) < 4.78 is 7.11. The molecule has 2 rings (SSSR count). The number of carbonyl (C=O) groups excluding carboxylic acids is 1. The molecule has 2 aromatic carbocycles. The maximum atomic E-state index is 12.3. The first-order chi connectivity index (χ1) is 9.11. The third-order valence-electron chi connectivity index (χ3n) is 2.58.